The molecule has 0 bridgehead atoms. The van der Waals surface area contributed by atoms with E-state index in [2.05, 4.69) is 9.97 Å². The predicted octanol–water partition coefficient (Wildman–Crippen LogP) is 2.87. The number of para-hydroxylation sites is 1. The third-order valence-electron chi connectivity index (χ3n) is 4.19. The first-order valence-electron chi connectivity index (χ1n) is 8.49. The Morgan fingerprint density at radius 3 is 2.54 bits per heavy atom. The number of aromatic nitrogens is 2. The van der Waals surface area contributed by atoms with Gasteiger partial charge in [-0.15, -0.1) is 0 Å². The third-order valence-corrected chi connectivity index (χ3v) is 4.19. The number of H-pyrrole nitrogens is 1. The summed E-state index contributed by atoms with van der Waals surface area (Å²) in [7, 11) is 1.61. The molecule has 1 amide bonds. The molecule has 1 aromatic heterocycles. The second-order valence-electron chi connectivity index (χ2n) is 5.98. The average molecular weight is 351 g/mol. The van der Waals surface area contributed by atoms with Gasteiger partial charge < -0.3 is 14.6 Å². The summed E-state index contributed by atoms with van der Waals surface area (Å²) in [4.78, 5) is 33.6. The monoisotopic (exact) mass is 351 g/mol. The number of carbonyl (C=O) groups excluding carboxylic acids is 1. The van der Waals surface area contributed by atoms with E-state index in [0.29, 0.717) is 29.7 Å². The maximum absolute atomic E-state index is 12.4. The molecule has 0 unspecified atom stereocenters. The second-order valence-corrected chi connectivity index (χ2v) is 5.98. The van der Waals surface area contributed by atoms with Gasteiger partial charge in [-0.05, 0) is 29.8 Å². The van der Waals surface area contributed by atoms with Gasteiger partial charge in [0.05, 0.1) is 24.6 Å². The minimum atomic E-state index is -0.195. The van der Waals surface area contributed by atoms with Crippen LogP contribution in [0.25, 0.3) is 10.9 Å². The van der Waals surface area contributed by atoms with Crippen LogP contribution in [0, 0.1) is 0 Å². The summed E-state index contributed by atoms with van der Waals surface area (Å²) in [5.41, 5.74) is 1.41. The first-order chi connectivity index (χ1) is 12.6. The Labute approximate surface area is 151 Å². The maximum atomic E-state index is 12.4. The molecule has 0 radical (unpaired) electrons. The number of hydrogen-bond donors (Lipinski definition) is 1. The van der Waals surface area contributed by atoms with Crippen LogP contribution in [-0.2, 0) is 17.9 Å². The number of benzene rings is 2. The van der Waals surface area contributed by atoms with Crippen molar-refractivity contribution in [2.24, 2.45) is 0 Å². The minimum Gasteiger partial charge on any atom is -0.497 e. The third kappa shape index (κ3) is 3.91. The van der Waals surface area contributed by atoms with Gasteiger partial charge in [0.2, 0.25) is 5.91 Å². The lowest BCUT2D eigenvalue weighted by molar-refractivity contribution is -0.132. The standard InChI is InChI=1S/C20H21N3O3/c1-3-19(24)23(12-14-8-10-15(26-2)11-9-14)13-18-21-17-7-5-4-6-16(17)20(25)22-18/h4-11H,3,12-13H2,1-2H3,(H,21,22,25). The molecule has 6 nitrogen and oxygen atoms in total. The number of hydrogen-bond acceptors (Lipinski definition) is 4. The van der Waals surface area contributed by atoms with Gasteiger partial charge in [0.15, 0.2) is 0 Å². The second kappa shape index (κ2) is 7.82. The Morgan fingerprint density at radius 1 is 1.12 bits per heavy atom. The molecule has 6 heteroatoms. The molecule has 0 saturated carbocycles. The van der Waals surface area contributed by atoms with Crippen molar-refractivity contribution >= 4 is 16.8 Å². The van der Waals surface area contributed by atoms with Crippen molar-refractivity contribution in [3.63, 3.8) is 0 Å². The summed E-state index contributed by atoms with van der Waals surface area (Å²) in [6.07, 6.45) is 0.383. The number of methoxy groups -OCH3 is 1. The van der Waals surface area contributed by atoms with Crippen molar-refractivity contribution in [1.29, 1.82) is 0 Å². The number of rotatable bonds is 6. The molecule has 2 aromatic carbocycles. The summed E-state index contributed by atoms with van der Waals surface area (Å²) < 4.78 is 5.16. The van der Waals surface area contributed by atoms with E-state index in [1.54, 1.807) is 30.2 Å². The lowest BCUT2D eigenvalue weighted by Gasteiger charge is -2.22. The van der Waals surface area contributed by atoms with E-state index in [1.165, 1.54) is 0 Å². The van der Waals surface area contributed by atoms with Gasteiger partial charge in [-0.1, -0.05) is 31.2 Å². The number of amides is 1. The molecule has 134 valence electrons. The number of aromatic amines is 1. The van der Waals surface area contributed by atoms with Crippen LogP contribution in [0.4, 0.5) is 0 Å². The SMILES string of the molecule is CCC(=O)N(Cc1ccc(OC)cc1)Cc1nc2ccccc2c(=O)[nH]1. The van der Waals surface area contributed by atoms with Crippen molar-refractivity contribution in [2.45, 2.75) is 26.4 Å². The summed E-state index contributed by atoms with van der Waals surface area (Å²) in [6.45, 7) is 2.51. The average Bonchev–Trinajstić information content (AvgIpc) is 2.67. The molecular formula is C20H21N3O3. The molecule has 26 heavy (non-hydrogen) atoms. The van der Waals surface area contributed by atoms with Crippen LogP contribution in [0.3, 0.4) is 0 Å². The highest BCUT2D eigenvalue weighted by Gasteiger charge is 2.15. The van der Waals surface area contributed by atoms with Gasteiger partial charge in [-0.25, -0.2) is 4.98 Å². The maximum Gasteiger partial charge on any atom is 0.258 e. The Balaban J connectivity index is 1.86. The largest absolute Gasteiger partial charge is 0.497 e. The molecule has 1 N–H and O–H groups in total. The predicted molar refractivity (Wildman–Crippen MR) is 99.9 cm³/mol. The van der Waals surface area contributed by atoms with E-state index in [-0.39, 0.29) is 18.0 Å². The van der Waals surface area contributed by atoms with Crippen LogP contribution in [-0.4, -0.2) is 27.9 Å². The number of nitrogens with one attached hydrogen (secondary N) is 1. The number of carbonyl (C=O) groups is 1. The zero-order chi connectivity index (χ0) is 18.5. The van der Waals surface area contributed by atoms with E-state index in [1.807, 2.05) is 37.3 Å². The topological polar surface area (TPSA) is 75.3 Å². The Kier molecular flexibility index (Phi) is 5.31. The fraction of sp³-hybridized carbons (Fsp3) is 0.250. The van der Waals surface area contributed by atoms with E-state index < -0.39 is 0 Å². The van der Waals surface area contributed by atoms with Crippen LogP contribution >= 0.6 is 0 Å². The fourth-order valence-corrected chi connectivity index (χ4v) is 2.80. The molecule has 0 spiro atoms. The van der Waals surface area contributed by atoms with Gasteiger partial charge in [0.25, 0.3) is 5.56 Å². The van der Waals surface area contributed by atoms with Gasteiger partial charge in [-0.2, -0.15) is 0 Å². The highest BCUT2D eigenvalue weighted by Crippen LogP contribution is 2.15. The van der Waals surface area contributed by atoms with Crippen LogP contribution < -0.4 is 10.3 Å². The first kappa shape index (κ1) is 17.7. The van der Waals surface area contributed by atoms with Gasteiger partial charge >= 0.3 is 0 Å². The zero-order valence-electron chi connectivity index (χ0n) is 14.9. The van der Waals surface area contributed by atoms with E-state index in [9.17, 15) is 9.59 Å². The van der Waals surface area contributed by atoms with Gasteiger partial charge in [0.1, 0.15) is 11.6 Å². The molecule has 3 aromatic rings. The molecule has 3 rings (SSSR count). The quantitative estimate of drug-likeness (QED) is 0.741. The highest BCUT2D eigenvalue weighted by molar-refractivity contribution is 5.77. The van der Waals surface area contributed by atoms with Crippen molar-refractivity contribution in [1.82, 2.24) is 14.9 Å². The summed E-state index contributed by atoms with van der Waals surface area (Å²) >= 11 is 0. The highest BCUT2D eigenvalue weighted by atomic mass is 16.5. The Hall–Kier alpha value is -3.15. The molecule has 0 fully saturated rings. The fourth-order valence-electron chi connectivity index (χ4n) is 2.80. The molecule has 0 aliphatic heterocycles. The summed E-state index contributed by atoms with van der Waals surface area (Å²) in [5.74, 6) is 1.24. The van der Waals surface area contributed by atoms with Crippen LogP contribution in [0.5, 0.6) is 5.75 Å². The molecule has 0 atom stereocenters. The van der Waals surface area contributed by atoms with E-state index >= 15 is 0 Å². The lowest BCUT2D eigenvalue weighted by atomic mass is 10.2. The van der Waals surface area contributed by atoms with Crippen molar-refractivity contribution < 1.29 is 9.53 Å². The molecule has 1 heterocycles. The van der Waals surface area contributed by atoms with E-state index in [0.717, 1.165) is 11.3 Å². The Bertz CT molecular complexity index is 964. The normalized spacial score (nSPS) is 10.7. The molecule has 0 saturated heterocycles. The minimum absolute atomic E-state index is 0.00312. The summed E-state index contributed by atoms with van der Waals surface area (Å²) in [5, 5.41) is 0.541. The Morgan fingerprint density at radius 2 is 1.85 bits per heavy atom. The van der Waals surface area contributed by atoms with Crippen LogP contribution in [0.1, 0.15) is 24.7 Å². The zero-order valence-corrected chi connectivity index (χ0v) is 14.9. The molecule has 0 aliphatic rings. The molecular weight excluding hydrogens is 330 g/mol. The number of ether oxygens (including phenoxy) is 1. The molecule has 0 aliphatic carbocycles. The number of nitrogens with zero attached hydrogens (tertiary/aromatic N) is 2. The van der Waals surface area contributed by atoms with Gasteiger partial charge in [-0.3, -0.25) is 9.59 Å². The van der Waals surface area contributed by atoms with Gasteiger partial charge in [0, 0.05) is 13.0 Å². The van der Waals surface area contributed by atoms with Crippen molar-refractivity contribution in [3.8, 4) is 5.75 Å². The van der Waals surface area contributed by atoms with Crippen molar-refractivity contribution in [3.05, 3.63) is 70.3 Å². The number of fused-ring (bicyclic) bond motifs is 1. The summed E-state index contributed by atoms with van der Waals surface area (Å²) in [6, 6.07) is 14.7. The first-order valence-corrected chi connectivity index (χ1v) is 8.49. The lowest BCUT2D eigenvalue weighted by Crippen LogP contribution is -2.31. The van der Waals surface area contributed by atoms with Crippen molar-refractivity contribution in [2.75, 3.05) is 7.11 Å². The van der Waals surface area contributed by atoms with Crippen LogP contribution in [0.15, 0.2) is 53.3 Å². The van der Waals surface area contributed by atoms with E-state index in [4.69, 9.17) is 4.74 Å². The van der Waals surface area contributed by atoms with Crippen LogP contribution in [0.2, 0.25) is 0 Å². The smallest absolute Gasteiger partial charge is 0.258 e.